The van der Waals surface area contributed by atoms with E-state index < -0.39 is 23.7 Å². The molecule has 0 aliphatic carbocycles. The first-order valence-electron chi connectivity index (χ1n) is 7.70. The molecule has 0 aromatic rings. The molecular weight excluding hydrogens is 322 g/mol. The van der Waals surface area contributed by atoms with E-state index in [0.717, 1.165) is 11.8 Å². The van der Waals surface area contributed by atoms with Crippen LogP contribution < -0.4 is 0 Å². The van der Waals surface area contributed by atoms with Gasteiger partial charge in [-0.1, -0.05) is 18.7 Å². The average Bonchev–Trinajstić information content (AvgIpc) is 2.84. The lowest BCUT2D eigenvalue weighted by Gasteiger charge is -2.29. The summed E-state index contributed by atoms with van der Waals surface area (Å²) in [5, 5.41) is 9.37. The molecule has 0 radical (unpaired) electrons. The van der Waals surface area contributed by atoms with Crippen LogP contribution >= 0.6 is 11.8 Å². The summed E-state index contributed by atoms with van der Waals surface area (Å²) >= 11 is 1.06. The summed E-state index contributed by atoms with van der Waals surface area (Å²) in [4.78, 5) is 36.5. The molecule has 0 spiro atoms. The Morgan fingerprint density at radius 3 is 2.30 bits per heavy atom. The summed E-state index contributed by atoms with van der Waals surface area (Å²) in [5.41, 5.74) is 0. The number of ether oxygens (including phenoxy) is 2. The topological polar surface area (TPSA) is 93.1 Å². The van der Waals surface area contributed by atoms with Gasteiger partial charge in [-0.05, 0) is 13.8 Å². The number of hydrogen-bond donors (Lipinski definition) is 1. The fourth-order valence-corrected chi connectivity index (χ4v) is 3.29. The zero-order valence-corrected chi connectivity index (χ0v) is 14.9. The van der Waals surface area contributed by atoms with E-state index in [1.807, 2.05) is 0 Å². The van der Waals surface area contributed by atoms with Crippen LogP contribution in [0.4, 0.5) is 0 Å². The highest BCUT2D eigenvalue weighted by molar-refractivity contribution is 8.13. The summed E-state index contributed by atoms with van der Waals surface area (Å²) in [5.74, 6) is -2.58. The second-order valence-corrected chi connectivity index (χ2v) is 6.70. The Kier molecular flexibility index (Phi) is 7.50. The van der Waals surface area contributed by atoms with E-state index in [4.69, 9.17) is 9.47 Å². The molecule has 1 amide bonds. The van der Waals surface area contributed by atoms with Crippen LogP contribution in [-0.4, -0.2) is 64.3 Å². The Morgan fingerprint density at radius 1 is 1.30 bits per heavy atom. The molecule has 0 bridgehead atoms. The molecule has 132 valence electrons. The Balaban J connectivity index is 2.91. The highest BCUT2D eigenvalue weighted by atomic mass is 32.2. The Morgan fingerprint density at radius 2 is 1.87 bits per heavy atom. The number of carboxylic acids is 1. The van der Waals surface area contributed by atoms with Crippen molar-refractivity contribution in [3.63, 3.8) is 0 Å². The van der Waals surface area contributed by atoms with Crippen LogP contribution in [0, 0.1) is 5.92 Å². The summed E-state index contributed by atoms with van der Waals surface area (Å²) in [6.07, 6.45) is 0.0995. The van der Waals surface area contributed by atoms with Crippen molar-refractivity contribution in [3.05, 3.63) is 0 Å². The highest BCUT2D eigenvalue weighted by Crippen LogP contribution is 2.33. The predicted molar refractivity (Wildman–Crippen MR) is 86.0 cm³/mol. The third-order valence-corrected chi connectivity index (χ3v) is 4.71. The number of carboxylic acid groups (broad SMARTS) is 1. The van der Waals surface area contributed by atoms with Gasteiger partial charge in [-0.25, -0.2) is 4.79 Å². The van der Waals surface area contributed by atoms with Gasteiger partial charge in [-0.15, -0.1) is 0 Å². The molecule has 1 aliphatic rings. The molecule has 1 saturated heterocycles. The Hall–Kier alpha value is -1.12. The summed E-state index contributed by atoms with van der Waals surface area (Å²) in [6.45, 7) is 7.54. The molecule has 1 unspecified atom stereocenters. The number of nitrogens with zero attached hydrogens (tertiary/aromatic N) is 1. The molecule has 2 atom stereocenters. The van der Waals surface area contributed by atoms with Gasteiger partial charge in [-0.2, -0.15) is 0 Å². The third kappa shape index (κ3) is 5.19. The molecule has 8 heteroatoms. The van der Waals surface area contributed by atoms with E-state index >= 15 is 0 Å². The van der Waals surface area contributed by atoms with Gasteiger partial charge in [0.05, 0.1) is 6.54 Å². The van der Waals surface area contributed by atoms with E-state index in [-0.39, 0.29) is 24.0 Å². The molecule has 1 heterocycles. The van der Waals surface area contributed by atoms with Crippen molar-refractivity contribution in [2.45, 2.75) is 45.9 Å². The first kappa shape index (κ1) is 19.9. The fraction of sp³-hybridized carbons (Fsp3) is 0.800. The normalized spacial score (nSPS) is 21.2. The predicted octanol–water partition coefficient (Wildman–Crippen LogP) is 1.36. The highest BCUT2D eigenvalue weighted by Gasteiger charge is 2.51. The molecule has 23 heavy (non-hydrogen) atoms. The van der Waals surface area contributed by atoms with Crippen LogP contribution in [0.5, 0.6) is 0 Å². The van der Waals surface area contributed by atoms with E-state index in [9.17, 15) is 19.5 Å². The van der Waals surface area contributed by atoms with E-state index in [0.29, 0.717) is 19.0 Å². The van der Waals surface area contributed by atoms with Crippen LogP contribution in [0.2, 0.25) is 0 Å². The molecule has 0 aromatic carbocycles. The number of carbonyl (C=O) groups is 3. The molecule has 7 nitrogen and oxygen atoms in total. The van der Waals surface area contributed by atoms with Gasteiger partial charge in [0.15, 0.2) is 10.9 Å². The van der Waals surface area contributed by atoms with E-state index in [2.05, 4.69) is 0 Å². The SMILES string of the molecule is CCOC1(OCC)C[C@@H](C(=O)O)N(C(=O)C(C)CSC(C)=O)C1. The van der Waals surface area contributed by atoms with Crippen molar-refractivity contribution in [2.24, 2.45) is 5.92 Å². The molecule has 1 rings (SSSR count). The van der Waals surface area contributed by atoms with Gasteiger partial charge < -0.3 is 19.5 Å². The maximum Gasteiger partial charge on any atom is 0.326 e. The van der Waals surface area contributed by atoms with Crippen molar-refractivity contribution in [2.75, 3.05) is 25.5 Å². The zero-order valence-electron chi connectivity index (χ0n) is 14.0. The first-order chi connectivity index (χ1) is 10.8. The van der Waals surface area contributed by atoms with Crippen molar-refractivity contribution in [1.82, 2.24) is 4.90 Å². The standard InChI is InChI=1S/C15H25NO6S/c1-5-21-15(22-6-2)7-12(14(19)20)16(9-15)13(18)10(3)8-23-11(4)17/h10,12H,5-9H2,1-4H3,(H,19,20)/t10?,12-/m0/s1. The molecule has 1 N–H and O–H groups in total. The fourth-order valence-electron chi connectivity index (χ4n) is 2.66. The monoisotopic (exact) mass is 347 g/mol. The van der Waals surface area contributed by atoms with Crippen LogP contribution in [0.1, 0.15) is 34.1 Å². The van der Waals surface area contributed by atoms with Crippen LogP contribution in [-0.2, 0) is 23.9 Å². The van der Waals surface area contributed by atoms with E-state index in [1.165, 1.54) is 11.8 Å². The number of amides is 1. The molecule has 0 saturated carbocycles. The third-order valence-electron chi connectivity index (χ3n) is 3.63. The molecule has 0 aromatic heterocycles. The number of thioether (sulfide) groups is 1. The molecule has 1 aliphatic heterocycles. The number of rotatable bonds is 8. The minimum Gasteiger partial charge on any atom is -0.480 e. The lowest BCUT2D eigenvalue weighted by Crippen LogP contribution is -2.45. The minimum absolute atomic E-state index is 0.0705. The molecular formula is C15H25NO6S. The van der Waals surface area contributed by atoms with E-state index in [1.54, 1.807) is 20.8 Å². The second-order valence-electron chi connectivity index (χ2n) is 5.50. The van der Waals surface area contributed by atoms with Crippen molar-refractivity contribution in [3.8, 4) is 0 Å². The maximum atomic E-state index is 12.6. The number of aliphatic carboxylic acids is 1. The quantitative estimate of drug-likeness (QED) is 0.663. The van der Waals surface area contributed by atoms with Crippen molar-refractivity contribution < 1.29 is 29.0 Å². The van der Waals surface area contributed by atoms with Crippen LogP contribution in [0.15, 0.2) is 0 Å². The zero-order chi connectivity index (χ0) is 17.6. The Bertz CT molecular complexity index is 449. The second kappa shape index (κ2) is 8.65. The smallest absolute Gasteiger partial charge is 0.326 e. The summed E-state index contributed by atoms with van der Waals surface area (Å²) in [7, 11) is 0. The number of carbonyl (C=O) groups excluding carboxylic acids is 2. The Labute approximate surface area is 140 Å². The lowest BCUT2D eigenvalue weighted by atomic mass is 10.1. The maximum absolute atomic E-state index is 12.6. The largest absolute Gasteiger partial charge is 0.480 e. The minimum atomic E-state index is -1.08. The van der Waals surface area contributed by atoms with Gasteiger partial charge in [0.25, 0.3) is 0 Å². The average molecular weight is 347 g/mol. The molecule has 1 fully saturated rings. The van der Waals surface area contributed by atoms with Crippen molar-refractivity contribution in [1.29, 1.82) is 0 Å². The number of hydrogen-bond acceptors (Lipinski definition) is 6. The van der Waals surface area contributed by atoms with Gasteiger partial charge >= 0.3 is 5.97 Å². The first-order valence-corrected chi connectivity index (χ1v) is 8.69. The van der Waals surface area contributed by atoms with Crippen LogP contribution in [0.25, 0.3) is 0 Å². The van der Waals surface area contributed by atoms with Crippen LogP contribution in [0.3, 0.4) is 0 Å². The van der Waals surface area contributed by atoms with Gasteiger partial charge in [0.1, 0.15) is 6.04 Å². The van der Waals surface area contributed by atoms with Gasteiger partial charge in [0, 0.05) is 38.2 Å². The lowest BCUT2D eigenvalue weighted by molar-refractivity contribution is -0.223. The van der Waals surface area contributed by atoms with Gasteiger partial charge in [0.2, 0.25) is 5.91 Å². The number of likely N-dealkylation sites (tertiary alicyclic amines) is 1. The van der Waals surface area contributed by atoms with Gasteiger partial charge in [-0.3, -0.25) is 9.59 Å². The van der Waals surface area contributed by atoms with Crippen molar-refractivity contribution >= 4 is 28.8 Å². The summed E-state index contributed by atoms with van der Waals surface area (Å²) in [6, 6.07) is -0.981. The summed E-state index contributed by atoms with van der Waals surface area (Å²) < 4.78 is 11.3.